The van der Waals surface area contributed by atoms with E-state index in [9.17, 15) is 9.18 Å². The van der Waals surface area contributed by atoms with Gasteiger partial charge in [0.2, 0.25) is 11.9 Å². The second-order valence-electron chi connectivity index (χ2n) is 6.17. The number of guanidine groups is 1. The Labute approximate surface area is 163 Å². The highest BCUT2D eigenvalue weighted by atomic mass is 19.1. The fourth-order valence-electron chi connectivity index (χ4n) is 2.47. The normalized spacial score (nSPS) is 15.6. The molecule has 1 unspecified atom stereocenters. The molecule has 0 radical (unpaired) electrons. The lowest BCUT2D eigenvalue weighted by atomic mass is 10.1. The molecule has 1 amide bonds. The van der Waals surface area contributed by atoms with Gasteiger partial charge in [0.25, 0.3) is 0 Å². The van der Waals surface area contributed by atoms with E-state index in [1.54, 1.807) is 30.6 Å². The summed E-state index contributed by atoms with van der Waals surface area (Å²) in [5.41, 5.74) is 10.9. The molecule has 0 saturated carbocycles. The first kappa shape index (κ1) is 21.0. The molecule has 0 spiro atoms. The highest BCUT2D eigenvalue weighted by Gasteiger charge is 2.17. The summed E-state index contributed by atoms with van der Waals surface area (Å²) < 4.78 is 13.6. The Morgan fingerprint density at radius 3 is 2.89 bits per heavy atom. The Balaban J connectivity index is 1.76. The van der Waals surface area contributed by atoms with Crippen molar-refractivity contribution in [1.29, 1.82) is 0 Å². The number of benzene rings is 1. The van der Waals surface area contributed by atoms with Gasteiger partial charge in [-0.05, 0) is 30.1 Å². The summed E-state index contributed by atoms with van der Waals surface area (Å²) in [5.74, 6) is 0.0600. The Hall–Kier alpha value is -3.30. The van der Waals surface area contributed by atoms with E-state index in [4.69, 9.17) is 16.3 Å². The topological polar surface area (TPSA) is 130 Å². The van der Waals surface area contributed by atoms with Gasteiger partial charge in [0, 0.05) is 19.0 Å². The van der Waals surface area contributed by atoms with Crippen molar-refractivity contribution in [3.8, 4) is 0 Å². The van der Waals surface area contributed by atoms with Crippen LogP contribution < -0.4 is 22.1 Å². The molecule has 28 heavy (non-hydrogen) atoms. The number of nitrogens with one attached hydrogen (secondary N) is 2. The molecule has 6 N–H and O–H groups in total. The van der Waals surface area contributed by atoms with Crippen LogP contribution in [0.2, 0.25) is 0 Å². The zero-order valence-corrected chi connectivity index (χ0v) is 15.8. The molecule has 152 valence electrons. The number of halogens is 1. The summed E-state index contributed by atoms with van der Waals surface area (Å²) in [6.45, 7) is 3.07. The molecule has 0 saturated heterocycles. The molecule has 1 heterocycles. The number of carbonyl (C=O) groups excluding carboxylic acids is 1. The third-order valence-electron chi connectivity index (χ3n) is 3.91. The third kappa shape index (κ3) is 7.14. The van der Waals surface area contributed by atoms with Crippen molar-refractivity contribution in [2.75, 3.05) is 26.2 Å². The SMILES string of the molecule is CC1C=NC(NCCc2ccccc2F)=CN1CC(=O)NCCON=C(N)N. The fraction of sp³-hybridized carbons (Fsp3) is 0.389. The highest BCUT2D eigenvalue weighted by molar-refractivity contribution is 5.79. The Morgan fingerprint density at radius 1 is 1.36 bits per heavy atom. The van der Waals surface area contributed by atoms with Crippen LogP contribution in [0.4, 0.5) is 4.39 Å². The van der Waals surface area contributed by atoms with Crippen molar-refractivity contribution in [1.82, 2.24) is 15.5 Å². The predicted octanol–water partition coefficient (Wildman–Crippen LogP) is -0.147. The average molecular weight is 391 g/mol. The maximum absolute atomic E-state index is 13.6. The number of hydrogen-bond acceptors (Lipinski definition) is 6. The van der Waals surface area contributed by atoms with E-state index in [2.05, 4.69) is 20.8 Å². The van der Waals surface area contributed by atoms with Gasteiger partial charge < -0.3 is 31.8 Å². The Kier molecular flexibility index (Phi) is 8.07. The van der Waals surface area contributed by atoms with Crippen LogP contribution >= 0.6 is 0 Å². The number of hydrogen-bond donors (Lipinski definition) is 4. The Morgan fingerprint density at radius 2 is 2.14 bits per heavy atom. The predicted molar refractivity (Wildman–Crippen MR) is 106 cm³/mol. The molecular weight excluding hydrogens is 365 g/mol. The van der Waals surface area contributed by atoms with Crippen molar-refractivity contribution in [3.63, 3.8) is 0 Å². The zero-order chi connectivity index (χ0) is 20.4. The minimum absolute atomic E-state index is 0.0271. The lowest BCUT2D eigenvalue weighted by molar-refractivity contribution is -0.122. The van der Waals surface area contributed by atoms with E-state index in [0.717, 1.165) is 0 Å². The average Bonchev–Trinajstić information content (AvgIpc) is 2.65. The van der Waals surface area contributed by atoms with E-state index in [0.29, 0.717) is 24.4 Å². The molecule has 1 aromatic rings. The summed E-state index contributed by atoms with van der Waals surface area (Å²) in [6, 6.07) is 6.64. The maximum atomic E-state index is 13.6. The van der Waals surface area contributed by atoms with Gasteiger partial charge in [-0.2, -0.15) is 0 Å². The minimum Gasteiger partial charge on any atom is -0.391 e. The minimum atomic E-state index is -0.221. The van der Waals surface area contributed by atoms with Crippen molar-refractivity contribution >= 4 is 18.1 Å². The quantitative estimate of drug-likeness (QED) is 0.190. The van der Waals surface area contributed by atoms with Crippen LogP contribution in [0.15, 0.2) is 46.4 Å². The van der Waals surface area contributed by atoms with Crippen molar-refractivity contribution in [2.24, 2.45) is 21.6 Å². The number of rotatable bonds is 10. The van der Waals surface area contributed by atoms with Gasteiger partial charge in [-0.15, -0.1) is 0 Å². The lowest BCUT2D eigenvalue weighted by Gasteiger charge is -2.28. The third-order valence-corrected chi connectivity index (χ3v) is 3.91. The summed E-state index contributed by atoms with van der Waals surface area (Å²) >= 11 is 0. The van der Waals surface area contributed by atoms with Crippen molar-refractivity contribution < 1.29 is 14.0 Å². The second-order valence-corrected chi connectivity index (χ2v) is 6.17. The van der Waals surface area contributed by atoms with E-state index >= 15 is 0 Å². The molecule has 0 aromatic heterocycles. The smallest absolute Gasteiger partial charge is 0.239 e. The van der Waals surface area contributed by atoms with E-state index in [1.807, 2.05) is 11.8 Å². The molecule has 1 aliphatic heterocycles. The molecule has 0 bridgehead atoms. The summed E-state index contributed by atoms with van der Waals surface area (Å²) in [4.78, 5) is 23.0. The standard InChI is InChI=1S/C18H26FN7O2/c1-13-10-24-16(22-7-6-14-4-2-3-5-15(14)19)11-26(13)12-17(27)23-8-9-28-25-18(20)21/h2-5,10-11,13,22H,6-9,12H2,1H3,(H,23,27)(H4,20,21,25). The van der Waals surface area contributed by atoms with Crippen LogP contribution in [0, 0.1) is 5.82 Å². The number of amides is 1. The van der Waals surface area contributed by atoms with Crippen molar-refractivity contribution in [2.45, 2.75) is 19.4 Å². The fourth-order valence-corrected chi connectivity index (χ4v) is 2.47. The van der Waals surface area contributed by atoms with Crippen LogP contribution in [0.5, 0.6) is 0 Å². The van der Waals surface area contributed by atoms with Crippen molar-refractivity contribution in [3.05, 3.63) is 47.7 Å². The highest BCUT2D eigenvalue weighted by Crippen LogP contribution is 2.10. The summed E-state index contributed by atoms with van der Waals surface area (Å²) in [6.07, 6.45) is 4.06. The van der Waals surface area contributed by atoms with Gasteiger partial charge in [0.1, 0.15) is 18.2 Å². The molecule has 1 aromatic carbocycles. The van der Waals surface area contributed by atoms with Crippen LogP contribution in [-0.2, 0) is 16.1 Å². The van der Waals surface area contributed by atoms with Gasteiger partial charge in [-0.3, -0.25) is 4.79 Å². The largest absolute Gasteiger partial charge is 0.391 e. The first-order chi connectivity index (χ1) is 13.5. The van der Waals surface area contributed by atoms with E-state index in [-0.39, 0.29) is 43.4 Å². The number of nitrogens with two attached hydrogens (primary N) is 2. The summed E-state index contributed by atoms with van der Waals surface area (Å²) in [5, 5.41) is 9.24. The Bertz CT molecular complexity index is 747. The number of carbonyl (C=O) groups is 1. The molecule has 1 aliphatic rings. The summed E-state index contributed by atoms with van der Waals surface area (Å²) in [7, 11) is 0. The van der Waals surface area contributed by atoms with Crippen LogP contribution in [0.3, 0.4) is 0 Å². The molecule has 0 aliphatic carbocycles. The molecule has 9 nitrogen and oxygen atoms in total. The maximum Gasteiger partial charge on any atom is 0.239 e. The molecule has 0 fully saturated rings. The zero-order valence-electron chi connectivity index (χ0n) is 15.8. The van der Waals surface area contributed by atoms with Gasteiger partial charge in [0.05, 0.1) is 19.1 Å². The monoisotopic (exact) mass is 391 g/mol. The first-order valence-electron chi connectivity index (χ1n) is 8.92. The van der Waals surface area contributed by atoms with E-state index in [1.165, 1.54) is 6.07 Å². The van der Waals surface area contributed by atoms with Crippen LogP contribution in [0.25, 0.3) is 0 Å². The lowest BCUT2D eigenvalue weighted by Crippen LogP contribution is -2.42. The second kappa shape index (κ2) is 10.8. The number of oxime groups is 1. The van der Waals surface area contributed by atoms with Gasteiger partial charge in [0.15, 0.2) is 0 Å². The van der Waals surface area contributed by atoms with Gasteiger partial charge >= 0.3 is 0 Å². The van der Waals surface area contributed by atoms with Gasteiger partial charge in [-0.25, -0.2) is 9.38 Å². The molecular formula is C18H26FN7O2. The van der Waals surface area contributed by atoms with Crippen LogP contribution in [-0.4, -0.2) is 55.3 Å². The molecule has 2 rings (SSSR count). The van der Waals surface area contributed by atoms with Crippen LogP contribution in [0.1, 0.15) is 12.5 Å². The number of aliphatic imine (C=N–C) groups is 1. The van der Waals surface area contributed by atoms with Gasteiger partial charge in [-0.1, -0.05) is 18.2 Å². The van der Waals surface area contributed by atoms with E-state index < -0.39 is 0 Å². The first-order valence-corrected chi connectivity index (χ1v) is 8.92. The molecule has 1 atom stereocenters. The molecule has 10 heteroatoms. The number of nitrogens with zero attached hydrogens (tertiary/aromatic N) is 3.